The molecule has 142 valence electrons. The van der Waals surface area contributed by atoms with Gasteiger partial charge < -0.3 is 14.3 Å². The molecule has 5 nitrogen and oxygen atoms in total. The molecule has 0 spiro atoms. The van der Waals surface area contributed by atoms with E-state index in [1.165, 1.54) is 0 Å². The predicted octanol–water partition coefficient (Wildman–Crippen LogP) is 2.42. The number of ketones is 1. The second-order valence-electron chi connectivity index (χ2n) is 8.32. The molecule has 5 heteroatoms. The van der Waals surface area contributed by atoms with Gasteiger partial charge in [0.1, 0.15) is 13.1 Å². The maximum absolute atomic E-state index is 13.1. The fraction of sp³-hybridized carbons (Fsp3) is 0.619. The molecule has 2 fully saturated rings. The van der Waals surface area contributed by atoms with E-state index >= 15 is 0 Å². The van der Waals surface area contributed by atoms with E-state index in [4.69, 9.17) is 4.74 Å². The van der Waals surface area contributed by atoms with E-state index in [1.807, 2.05) is 37.4 Å². The first kappa shape index (κ1) is 19.1. The van der Waals surface area contributed by atoms with Crippen LogP contribution in [0.3, 0.4) is 0 Å². The number of ether oxygens (including phenoxy) is 1. The predicted molar refractivity (Wildman–Crippen MR) is 98.3 cm³/mol. The van der Waals surface area contributed by atoms with Crippen molar-refractivity contribution in [3.63, 3.8) is 0 Å². The SMILES string of the molecule is CC(=O)C[N+]1(C)CCC(OC(=O)[C@](O)(c2ccccc2)C2CCCC2)C1. The molecule has 0 radical (unpaired) electrons. The van der Waals surface area contributed by atoms with Gasteiger partial charge in [0.25, 0.3) is 0 Å². The summed E-state index contributed by atoms with van der Waals surface area (Å²) in [6.07, 6.45) is 4.22. The number of nitrogens with zero attached hydrogens (tertiary/aromatic N) is 1. The standard InChI is InChI=1S/C21H30NO4/c1-16(23)14-22(2)13-12-19(15-22)26-20(24)21(25,18-10-6-7-11-18)17-8-4-3-5-9-17/h3-5,8-9,18-19,25H,6-7,10-15H2,1-2H3/q+1/t19?,21-,22?/m0/s1. The van der Waals surface area contributed by atoms with Crippen molar-refractivity contribution < 1.29 is 23.9 Å². The van der Waals surface area contributed by atoms with E-state index in [2.05, 4.69) is 0 Å². The minimum Gasteiger partial charge on any atom is -0.454 e. The van der Waals surface area contributed by atoms with E-state index in [0.717, 1.165) is 38.6 Å². The number of esters is 1. The molecule has 1 aliphatic carbocycles. The van der Waals surface area contributed by atoms with E-state index < -0.39 is 11.6 Å². The molecule has 3 atom stereocenters. The topological polar surface area (TPSA) is 63.6 Å². The number of hydrogen-bond donors (Lipinski definition) is 1. The second kappa shape index (κ2) is 7.49. The molecule has 0 aromatic heterocycles. The molecule has 0 bridgehead atoms. The maximum Gasteiger partial charge on any atom is 0.343 e. The first-order valence-corrected chi connectivity index (χ1v) is 9.65. The van der Waals surface area contributed by atoms with Crippen molar-refractivity contribution in [1.29, 1.82) is 0 Å². The minimum absolute atomic E-state index is 0.100. The Morgan fingerprint density at radius 1 is 1.19 bits per heavy atom. The molecule has 1 aromatic rings. The van der Waals surface area contributed by atoms with Crippen LogP contribution < -0.4 is 0 Å². The van der Waals surface area contributed by atoms with Crippen molar-refractivity contribution in [3.05, 3.63) is 35.9 Å². The van der Waals surface area contributed by atoms with Crippen LogP contribution in [-0.4, -0.2) is 54.1 Å². The summed E-state index contributed by atoms with van der Waals surface area (Å²) in [4.78, 5) is 24.6. The number of likely N-dealkylation sites (N-methyl/N-ethyl adjacent to an activating group) is 1. The van der Waals surface area contributed by atoms with Crippen molar-refractivity contribution in [1.82, 2.24) is 0 Å². The molecular formula is C21H30NO4+. The highest BCUT2D eigenvalue weighted by atomic mass is 16.6. The van der Waals surface area contributed by atoms with Crippen LogP contribution in [0.4, 0.5) is 0 Å². The zero-order chi connectivity index (χ0) is 18.8. The lowest BCUT2D eigenvalue weighted by molar-refractivity contribution is -0.890. The quantitative estimate of drug-likeness (QED) is 0.625. The number of hydrogen-bond acceptors (Lipinski definition) is 4. The van der Waals surface area contributed by atoms with Crippen LogP contribution in [0.1, 0.15) is 44.6 Å². The lowest BCUT2D eigenvalue weighted by Crippen LogP contribution is -2.48. The summed E-state index contributed by atoms with van der Waals surface area (Å²) in [5.41, 5.74) is -0.958. The molecule has 3 rings (SSSR count). The third kappa shape index (κ3) is 3.84. The Morgan fingerprint density at radius 2 is 1.85 bits per heavy atom. The normalized spacial score (nSPS) is 28.7. The highest BCUT2D eigenvalue weighted by Gasteiger charge is 2.49. The molecule has 1 aromatic carbocycles. The third-order valence-electron chi connectivity index (χ3n) is 5.98. The van der Waals surface area contributed by atoms with Gasteiger partial charge in [-0.3, -0.25) is 4.79 Å². The summed E-state index contributed by atoms with van der Waals surface area (Å²) < 4.78 is 6.40. The van der Waals surface area contributed by atoms with Gasteiger partial charge in [0.05, 0.1) is 13.6 Å². The Bertz CT molecular complexity index is 655. The van der Waals surface area contributed by atoms with E-state index in [9.17, 15) is 14.7 Å². The van der Waals surface area contributed by atoms with Crippen LogP contribution in [0.25, 0.3) is 0 Å². The largest absolute Gasteiger partial charge is 0.454 e. The zero-order valence-electron chi connectivity index (χ0n) is 15.8. The van der Waals surface area contributed by atoms with Gasteiger partial charge in [-0.15, -0.1) is 0 Å². The molecule has 1 saturated carbocycles. The van der Waals surface area contributed by atoms with Crippen LogP contribution in [0.2, 0.25) is 0 Å². The summed E-state index contributed by atoms with van der Waals surface area (Å²) >= 11 is 0. The molecule has 2 unspecified atom stereocenters. The van der Waals surface area contributed by atoms with Gasteiger partial charge in [-0.25, -0.2) is 4.79 Å². The lowest BCUT2D eigenvalue weighted by Gasteiger charge is -2.33. The fourth-order valence-electron chi connectivity index (χ4n) is 4.70. The Hall–Kier alpha value is -1.72. The number of benzene rings is 1. The highest BCUT2D eigenvalue weighted by Crippen LogP contribution is 2.42. The minimum atomic E-state index is -1.58. The van der Waals surface area contributed by atoms with Crippen molar-refractivity contribution in [2.75, 3.05) is 26.7 Å². The molecule has 2 aliphatic rings. The van der Waals surface area contributed by atoms with Crippen molar-refractivity contribution in [3.8, 4) is 0 Å². The average molecular weight is 360 g/mol. The summed E-state index contributed by atoms with van der Waals surface area (Å²) in [5.74, 6) is -0.486. The number of rotatable bonds is 6. The molecule has 1 heterocycles. The van der Waals surface area contributed by atoms with E-state index in [0.29, 0.717) is 23.1 Å². The Kier molecular flexibility index (Phi) is 5.49. The fourth-order valence-corrected chi connectivity index (χ4v) is 4.70. The molecule has 26 heavy (non-hydrogen) atoms. The van der Waals surface area contributed by atoms with E-state index in [-0.39, 0.29) is 17.8 Å². The first-order chi connectivity index (χ1) is 12.3. The van der Waals surface area contributed by atoms with Crippen molar-refractivity contribution in [2.45, 2.75) is 50.7 Å². The van der Waals surface area contributed by atoms with Crippen molar-refractivity contribution >= 4 is 11.8 Å². The smallest absolute Gasteiger partial charge is 0.343 e. The van der Waals surface area contributed by atoms with Gasteiger partial charge in [-0.05, 0) is 18.4 Å². The van der Waals surface area contributed by atoms with Gasteiger partial charge >= 0.3 is 5.97 Å². The van der Waals surface area contributed by atoms with Crippen LogP contribution in [0.15, 0.2) is 30.3 Å². The summed E-state index contributed by atoms with van der Waals surface area (Å²) in [5, 5.41) is 11.5. The molecule has 1 aliphatic heterocycles. The number of carbonyl (C=O) groups is 2. The third-order valence-corrected chi connectivity index (χ3v) is 5.98. The number of aliphatic hydroxyl groups is 1. The van der Waals surface area contributed by atoms with E-state index in [1.54, 1.807) is 6.92 Å². The van der Waals surface area contributed by atoms with Gasteiger partial charge in [-0.1, -0.05) is 43.2 Å². The summed E-state index contributed by atoms with van der Waals surface area (Å²) in [6.45, 7) is 3.49. The van der Waals surface area contributed by atoms with Crippen LogP contribution >= 0.6 is 0 Å². The Labute approximate surface area is 155 Å². The average Bonchev–Trinajstić information content (AvgIpc) is 3.25. The Morgan fingerprint density at radius 3 is 2.46 bits per heavy atom. The monoisotopic (exact) mass is 360 g/mol. The lowest BCUT2D eigenvalue weighted by atomic mass is 9.80. The van der Waals surface area contributed by atoms with Crippen LogP contribution in [-0.2, 0) is 19.9 Å². The molecule has 0 amide bonds. The molecule has 1 N–H and O–H groups in total. The first-order valence-electron chi connectivity index (χ1n) is 9.65. The summed E-state index contributed by atoms with van der Waals surface area (Å²) in [6, 6.07) is 9.19. The van der Waals surface area contributed by atoms with Crippen LogP contribution in [0, 0.1) is 5.92 Å². The van der Waals surface area contributed by atoms with Gasteiger partial charge in [0.2, 0.25) is 0 Å². The second-order valence-corrected chi connectivity index (χ2v) is 8.32. The van der Waals surface area contributed by atoms with Crippen LogP contribution in [0.5, 0.6) is 0 Å². The number of likely N-dealkylation sites (tertiary alicyclic amines) is 1. The van der Waals surface area contributed by atoms with Gasteiger partial charge in [0, 0.05) is 19.3 Å². The van der Waals surface area contributed by atoms with Crippen molar-refractivity contribution in [2.24, 2.45) is 5.92 Å². The number of Topliss-reactive ketones (excluding diaryl/α,β-unsaturated/α-hetero) is 1. The highest BCUT2D eigenvalue weighted by molar-refractivity contribution is 5.82. The zero-order valence-corrected chi connectivity index (χ0v) is 15.8. The number of carbonyl (C=O) groups excluding carboxylic acids is 2. The number of quaternary nitrogens is 1. The van der Waals surface area contributed by atoms with Gasteiger partial charge in [0.15, 0.2) is 17.5 Å². The molecule has 1 saturated heterocycles. The Balaban J connectivity index is 1.76. The molecular weight excluding hydrogens is 330 g/mol. The maximum atomic E-state index is 13.1. The summed E-state index contributed by atoms with van der Waals surface area (Å²) in [7, 11) is 2.02. The van der Waals surface area contributed by atoms with Gasteiger partial charge in [-0.2, -0.15) is 0 Å².